The molecular weight excluding hydrogens is 498 g/mol. The summed E-state index contributed by atoms with van der Waals surface area (Å²) in [6.45, 7) is 10.7. The molecule has 0 fully saturated rings. The molecule has 3 aromatic carbocycles. The smallest absolute Gasteiger partial charge is 0.264 e. The van der Waals surface area contributed by atoms with Crippen molar-refractivity contribution >= 4 is 27.5 Å². The largest absolute Gasteiger partial charge is 0.350 e. The number of sulfonamides is 1. The van der Waals surface area contributed by atoms with E-state index < -0.39 is 34.1 Å². The lowest BCUT2D eigenvalue weighted by Gasteiger charge is -2.34. The van der Waals surface area contributed by atoms with Gasteiger partial charge < -0.3 is 10.2 Å². The summed E-state index contributed by atoms with van der Waals surface area (Å²) in [5.74, 6) is -0.791. The molecule has 3 aromatic rings. The summed E-state index contributed by atoms with van der Waals surface area (Å²) in [7, 11) is -4.08. The number of nitrogens with one attached hydrogen (secondary N) is 1. The molecule has 0 aliphatic rings. The Morgan fingerprint density at radius 3 is 1.97 bits per heavy atom. The number of amides is 2. The third-order valence-electron chi connectivity index (χ3n) is 6.26. The number of rotatable bonds is 9. The molecule has 0 aliphatic carbocycles. The first-order chi connectivity index (χ1) is 17.8. The van der Waals surface area contributed by atoms with Crippen molar-refractivity contribution < 1.29 is 18.0 Å². The quantitative estimate of drug-likeness (QED) is 0.425. The van der Waals surface area contributed by atoms with Gasteiger partial charge in [0.25, 0.3) is 10.0 Å². The van der Waals surface area contributed by atoms with Crippen molar-refractivity contribution in [1.82, 2.24) is 10.2 Å². The van der Waals surface area contributed by atoms with Crippen molar-refractivity contribution in [3.63, 3.8) is 0 Å². The molecule has 0 heterocycles. The molecule has 202 valence electrons. The van der Waals surface area contributed by atoms with E-state index in [0.29, 0.717) is 11.3 Å². The molecule has 0 aromatic heterocycles. The van der Waals surface area contributed by atoms with Crippen LogP contribution in [0.1, 0.15) is 44.4 Å². The fourth-order valence-corrected chi connectivity index (χ4v) is 5.60. The standard InChI is InChI=1S/C30H37N3O4S/c1-22-14-10-12-16-25(22)20-32(24(3)29(35)31-30(4,5)6)28(34)21-33(27-19-13-11-15-23(27)2)38(36,37)26-17-8-7-9-18-26/h7-19,24H,20-21H2,1-6H3,(H,31,35)/t24-/m0/s1. The Kier molecular flexibility index (Phi) is 8.99. The van der Waals surface area contributed by atoms with Crippen LogP contribution in [0.3, 0.4) is 0 Å². The van der Waals surface area contributed by atoms with E-state index >= 15 is 0 Å². The Morgan fingerprint density at radius 1 is 0.842 bits per heavy atom. The Morgan fingerprint density at radius 2 is 1.39 bits per heavy atom. The number of nitrogens with zero attached hydrogens (tertiary/aromatic N) is 2. The summed E-state index contributed by atoms with van der Waals surface area (Å²) in [6, 6.07) is 21.9. The summed E-state index contributed by atoms with van der Waals surface area (Å²) in [5.41, 5.74) is 2.48. The maximum Gasteiger partial charge on any atom is 0.264 e. The highest BCUT2D eigenvalue weighted by Gasteiger charge is 2.33. The molecule has 0 unspecified atom stereocenters. The highest BCUT2D eigenvalue weighted by Crippen LogP contribution is 2.27. The third-order valence-corrected chi connectivity index (χ3v) is 8.04. The van der Waals surface area contributed by atoms with E-state index in [1.807, 2.05) is 58.0 Å². The maximum absolute atomic E-state index is 14.0. The average molecular weight is 536 g/mol. The Hall–Kier alpha value is -3.65. The van der Waals surface area contributed by atoms with E-state index in [2.05, 4.69) is 5.32 Å². The lowest BCUT2D eigenvalue weighted by molar-refractivity contribution is -0.140. The molecule has 0 aliphatic heterocycles. The first-order valence-corrected chi connectivity index (χ1v) is 14.0. The van der Waals surface area contributed by atoms with Crippen LogP contribution >= 0.6 is 0 Å². The molecule has 1 N–H and O–H groups in total. The molecule has 3 rings (SSSR count). The number of hydrogen-bond donors (Lipinski definition) is 1. The SMILES string of the molecule is Cc1ccccc1CN(C(=O)CN(c1ccccc1C)S(=O)(=O)c1ccccc1)[C@@H](C)C(=O)NC(C)(C)C. The van der Waals surface area contributed by atoms with Gasteiger partial charge in [-0.3, -0.25) is 13.9 Å². The van der Waals surface area contributed by atoms with Crippen LogP contribution in [0.25, 0.3) is 0 Å². The molecule has 0 saturated heterocycles. The van der Waals surface area contributed by atoms with Gasteiger partial charge in [-0.15, -0.1) is 0 Å². The molecule has 1 atom stereocenters. The molecule has 0 radical (unpaired) electrons. The lowest BCUT2D eigenvalue weighted by Crippen LogP contribution is -2.54. The fraction of sp³-hybridized carbons (Fsp3) is 0.333. The van der Waals surface area contributed by atoms with Gasteiger partial charge in [0, 0.05) is 12.1 Å². The molecule has 0 spiro atoms. The summed E-state index contributed by atoms with van der Waals surface area (Å²) < 4.78 is 28.8. The lowest BCUT2D eigenvalue weighted by atomic mass is 10.1. The monoisotopic (exact) mass is 535 g/mol. The number of aryl methyl sites for hydroxylation is 2. The molecule has 38 heavy (non-hydrogen) atoms. The highest BCUT2D eigenvalue weighted by atomic mass is 32.2. The van der Waals surface area contributed by atoms with E-state index in [1.165, 1.54) is 17.0 Å². The van der Waals surface area contributed by atoms with E-state index in [9.17, 15) is 18.0 Å². The van der Waals surface area contributed by atoms with E-state index in [4.69, 9.17) is 0 Å². The van der Waals surface area contributed by atoms with Crippen LogP contribution in [0.4, 0.5) is 5.69 Å². The van der Waals surface area contributed by atoms with Crippen LogP contribution in [0.15, 0.2) is 83.8 Å². The molecule has 2 amide bonds. The van der Waals surface area contributed by atoms with E-state index in [-0.39, 0.29) is 17.3 Å². The second-order valence-corrected chi connectivity index (χ2v) is 12.3. The van der Waals surface area contributed by atoms with Gasteiger partial charge in [0.05, 0.1) is 10.6 Å². The fourth-order valence-electron chi connectivity index (χ4n) is 4.10. The minimum Gasteiger partial charge on any atom is -0.350 e. The van der Waals surface area contributed by atoms with Gasteiger partial charge in [0.15, 0.2) is 0 Å². The van der Waals surface area contributed by atoms with Crippen molar-refractivity contribution in [3.8, 4) is 0 Å². The number of hydrogen-bond acceptors (Lipinski definition) is 4. The number of benzene rings is 3. The minimum absolute atomic E-state index is 0.0834. The molecule has 0 bridgehead atoms. The summed E-state index contributed by atoms with van der Waals surface area (Å²) in [6.07, 6.45) is 0. The van der Waals surface area contributed by atoms with Crippen molar-refractivity contribution in [2.45, 2.75) is 64.6 Å². The van der Waals surface area contributed by atoms with Crippen LogP contribution in [-0.4, -0.2) is 43.3 Å². The van der Waals surface area contributed by atoms with E-state index in [0.717, 1.165) is 15.4 Å². The zero-order valence-electron chi connectivity index (χ0n) is 22.9. The third kappa shape index (κ3) is 7.01. The summed E-state index contributed by atoms with van der Waals surface area (Å²) >= 11 is 0. The Balaban J connectivity index is 2.05. The van der Waals surface area contributed by atoms with Crippen LogP contribution in [0.2, 0.25) is 0 Å². The second-order valence-electron chi connectivity index (χ2n) is 10.5. The van der Waals surface area contributed by atoms with Gasteiger partial charge in [-0.05, 0) is 76.4 Å². The van der Waals surface area contributed by atoms with Gasteiger partial charge >= 0.3 is 0 Å². The van der Waals surface area contributed by atoms with Gasteiger partial charge in [0.2, 0.25) is 11.8 Å². The van der Waals surface area contributed by atoms with E-state index in [1.54, 1.807) is 50.2 Å². The Labute approximate surface area is 226 Å². The number of carbonyl (C=O) groups excluding carboxylic acids is 2. The predicted octanol–water partition coefficient (Wildman–Crippen LogP) is 4.83. The highest BCUT2D eigenvalue weighted by molar-refractivity contribution is 7.92. The Bertz CT molecular complexity index is 1380. The molecular formula is C30H37N3O4S. The first kappa shape index (κ1) is 28.9. The van der Waals surface area contributed by atoms with Crippen molar-refractivity contribution in [2.75, 3.05) is 10.8 Å². The molecule has 7 nitrogen and oxygen atoms in total. The topological polar surface area (TPSA) is 86.8 Å². The molecule has 0 saturated carbocycles. The zero-order valence-corrected chi connectivity index (χ0v) is 23.7. The van der Waals surface area contributed by atoms with Crippen LogP contribution < -0.4 is 9.62 Å². The van der Waals surface area contributed by atoms with Crippen LogP contribution in [0.5, 0.6) is 0 Å². The first-order valence-electron chi connectivity index (χ1n) is 12.6. The van der Waals surface area contributed by atoms with Gasteiger partial charge in [-0.2, -0.15) is 0 Å². The van der Waals surface area contributed by atoms with Crippen LogP contribution in [-0.2, 0) is 26.2 Å². The van der Waals surface area contributed by atoms with Gasteiger partial charge in [0.1, 0.15) is 12.6 Å². The number of anilines is 1. The molecule has 8 heteroatoms. The van der Waals surface area contributed by atoms with Crippen LogP contribution in [0, 0.1) is 13.8 Å². The van der Waals surface area contributed by atoms with Gasteiger partial charge in [-0.1, -0.05) is 60.7 Å². The number of carbonyl (C=O) groups is 2. The maximum atomic E-state index is 14.0. The van der Waals surface area contributed by atoms with Crippen molar-refractivity contribution in [3.05, 3.63) is 95.6 Å². The number of para-hydroxylation sites is 1. The van der Waals surface area contributed by atoms with Gasteiger partial charge in [-0.25, -0.2) is 8.42 Å². The minimum atomic E-state index is -4.08. The summed E-state index contributed by atoms with van der Waals surface area (Å²) in [4.78, 5) is 28.7. The van der Waals surface area contributed by atoms with Crippen molar-refractivity contribution in [1.29, 1.82) is 0 Å². The second kappa shape index (κ2) is 11.8. The average Bonchev–Trinajstić information content (AvgIpc) is 2.86. The zero-order chi connectivity index (χ0) is 28.1. The normalized spacial score (nSPS) is 12.5. The van der Waals surface area contributed by atoms with Crippen molar-refractivity contribution in [2.24, 2.45) is 0 Å². The summed E-state index contributed by atoms with van der Waals surface area (Å²) in [5, 5.41) is 2.94. The predicted molar refractivity (Wildman–Crippen MR) is 151 cm³/mol.